The van der Waals surface area contributed by atoms with Gasteiger partial charge in [0.15, 0.2) is 0 Å². The summed E-state index contributed by atoms with van der Waals surface area (Å²) in [7, 11) is 1.98. The zero-order valence-electron chi connectivity index (χ0n) is 10.7. The third kappa shape index (κ3) is 3.14. The van der Waals surface area contributed by atoms with Gasteiger partial charge in [0.05, 0.1) is 0 Å². The normalized spacial score (nSPS) is 15.0. The molecule has 1 fully saturated rings. The van der Waals surface area contributed by atoms with Crippen LogP contribution in [0.2, 0.25) is 5.02 Å². The molecule has 0 amide bonds. The van der Waals surface area contributed by atoms with E-state index in [1.165, 1.54) is 30.5 Å². The molecular formula is C14H21ClN2. The summed E-state index contributed by atoms with van der Waals surface area (Å²) >= 11 is 6.08. The van der Waals surface area contributed by atoms with Crippen LogP contribution < -0.4 is 10.2 Å². The predicted molar refractivity (Wildman–Crippen MR) is 74.9 cm³/mol. The summed E-state index contributed by atoms with van der Waals surface area (Å²) in [5, 5.41) is 4.05. The van der Waals surface area contributed by atoms with E-state index < -0.39 is 0 Å². The number of rotatable bonds is 6. The molecule has 0 saturated heterocycles. The average molecular weight is 253 g/mol. The molecule has 0 heterocycles. The fourth-order valence-electron chi connectivity index (χ4n) is 2.29. The molecule has 94 valence electrons. The molecule has 2 rings (SSSR count). The highest BCUT2D eigenvalue weighted by molar-refractivity contribution is 6.30. The molecule has 0 radical (unpaired) electrons. The SMILES string of the molecule is CCCN(c1ccc(Cl)cc1CNC)C1CC1. The van der Waals surface area contributed by atoms with Crippen LogP contribution in [0.5, 0.6) is 0 Å². The lowest BCUT2D eigenvalue weighted by Crippen LogP contribution is -2.28. The van der Waals surface area contributed by atoms with Crippen molar-refractivity contribution in [3.63, 3.8) is 0 Å². The zero-order valence-corrected chi connectivity index (χ0v) is 11.4. The Bertz CT molecular complexity index is 374. The maximum Gasteiger partial charge on any atom is 0.0415 e. The molecule has 1 aromatic rings. The molecule has 17 heavy (non-hydrogen) atoms. The van der Waals surface area contributed by atoms with E-state index in [4.69, 9.17) is 11.6 Å². The van der Waals surface area contributed by atoms with Gasteiger partial charge >= 0.3 is 0 Å². The molecule has 0 atom stereocenters. The first kappa shape index (κ1) is 12.7. The van der Waals surface area contributed by atoms with Gasteiger partial charge in [-0.1, -0.05) is 18.5 Å². The predicted octanol–water partition coefficient (Wildman–Crippen LogP) is 3.44. The van der Waals surface area contributed by atoms with E-state index in [1.807, 2.05) is 13.1 Å². The highest BCUT2D eigenvalue weighted by Gasteiger charge is 2.29. The minimum Gasteiger partial charge on any atom is -0.368 e. The van der Waals surface area contributed by atoms with Crippen LogP contribution in [0.3, 0.4) is 0 Å². The second-order valence-electron chi connectivity index (χ2n) is 4.73. The Morgan fingerprint density at radius 2 is 2.18 bits per heavy atom. The first-order valence-corrected chi connectivity index (χ1v) is 6.83. The van der Waals surface area contributed by atoms with Crippen molar-refractivity contribution in [2.75, 3.05) is 18.5 Å². The Morgan fingerprint density at radius 3 is 2.76 bits per heavy atom. The standard InChI is InChI=1S/C14H21ClN2/c1-3-8-17(13-5-6-13)14-7-4-12(15)9-11(14)10-16-2/h4,7,9,13,16H,3,5-6,8,10H2,1-2H3. The van der Waals surface area contributed by atoms with E-state index >= 15 is 0 Å². The van der Waals surface area contributed by atoms with Gasteiger partial charge in [0.25, 0.3) is 0 Å². The van der Waals surface area contributed by atoms with Crippen molar-refractivity contribution in [3.8, 4) is 0 Å². The molecule has 3 heteroatoms. The molecule has 0 aliphatic heterocycles. The second-order valence-corrected chi connectivity index (χ2v) is 5.16. The largest absolute Gasteiger partial charge is 0.368 e. The van der Waals surface area contributed by atoms with Crippen molar-refractivity contribution >= 4 is 17.3 Å². The zero-order chi connectivity index (χ0) is 12.3. The summed E-state index contributed by atoms with van der Waals surface area (Å²) in [6.45, 7) is 4.26. The van der Waals surface area contributed by atoms with Crippen molar-refractivity contribution in [3.05, 3.63) is 28.8 Å². The van der Waals surface area contributed by atoms with Gasteiger partial charge in [-0.3, -0.25) is 0 Å². The van der Waals surface area contributed by atoms with Crippen LogP contribution in [-0.2, 0) is 6.54 Å². The summed E-state index contributed by atoms with van der Waals surface area (Å²) in [4.78, 5) is 2.54. The lowest BCUT2D eigenvalue weighted by molar-refractivity contribution is 0.745. The lowest BCUT2D eigenvalue weighted by Gasteiger charge is -2.27. The second kappa shape index (κ2) is 5.74. The fraction of sp³-hybridized carbons (Fsp3) is 0.571. The van der Waals surface area contributed by atoms with E-state index in [1.54, 1.807) is 0 Å². The van der Waals surface area contributed by atoms with Gasteiger partial charge in [0.1, 0.15) is 0 Å². The van der Waals surface area contributed by atoms with Gasteiger partial charge in [0, 0.05) is 29.8 Å². The molecule has 2 nitrogen and oxygen atoms in total. The van der Waals surface area contributed by atoms with Crippen LogP contribution in [0.4, 0.5) is 5.69 Å². The van der Waals surface area contributed by atoms with E-state index in [0.29, 0.717) is 0 Å². The Hall–Kier alpha value is -0.730. The third-order valence-electron chi connectivity index (χ3n) is 3.17. The van der Waals surface area contributed by atoms with Crippen molar-refractivity contribution in [1.82, 2.24) is 5.32 Å². The van der Waals surface area contributed by atoms with E-state index in [2.05, 4.69) is 29.3 Å². The number of anilines is 1. The molecule has 1 N–H and O–H groups in total. The molecule has 1 aliphatic carbocycles. The van der Waals surface area contributed by atoms with Gasteiger partial charge in [-0.25, -0.2) is 0 Å². The molecule has 1 aromatic carbocycles. The molecule has 1 aliphatic rings. The molecule has 0 unspecified atom stereocenters. The van der Waals surface area contributed by atoms with Crippen LogP contribution in [0.15, 0.2) is 18.2 Å². The Morgan fingerprint density at radius 1 is 1.41 bits per heavy atom. The van der Waals surface area contributed by atoms with Gasteiger partial charge in [-0.2, -0.15) is 0 Å². The average Bonchev–Trinajstić information content (AvgIpc) is 3.11. The molecule has 0 spiro atoms. The van der Waals surface area contributed by atoms with Gasteiger partial charge in [0.2, 0.25) is 0 Å². The first-order valence-electron chi connectivity index (χ1n) is 6.46. The Balaban J connectivity index is 2.27. The van der Waals surface area contributed by atoms with Crippen molar-refractivity contribution in [2.45, 2.75) is 38.8 Å². The number of benzene rings is 1. The maximum absolute atomic E-state index is 6.08. The minimum absolute atomic E-state index is 0.756. The van der Waals surface area contributed by atoms with E-state index in [-0.39, 0.29) is 0 Å². The van der Waals surface area contributed by atoms with Crippen LogP contribution in [0.25, 0.3) is 0 Å². The van der Waals surface area contributed by atoms with Crippen molar-refractivity contribution in [2.24, 2.45) is 0 Å². The number of nitrogens with one attached hydrogen (secondary N) is 1. The van der Waals surface area contributed by atoms with Crippen molar-refractivity contribution in [1.29, 1.82) is 0 Å². The van der Waals surface area contributed by atoms with Crippen LogP contribution in [0, 0.1) is 0 Å². The quantitative estimate of drug-likeness (QED) is 0.835. The first-order chi connectivity index (χ1) is 8.26. The van der Waals surface area contributed by atoms with Gasteiger partial charge < -0.3 is 10.2 Å². The smallest absolute Gasteiger partial charge is 0.0415 e. The topological polar surface area (TPSA) is 15.3 Å². The summed E-state index contributed by atoms with van der Waals surface area (Å²) in [5.74, 6) is 0. The maximum atomic E-state index is 6.08. The van der Waals surface area contributed by atoms with E-state index in [9.17, 15) is 0 Å². The minimum atomic E-state index is 0.756. The van der Waals surface area contributed by atoms with Gasteiger partial charge in [-0.15, -0.1) is 0 Å². The Kier molecular flexibility index (Phi) is 4.30. The van der Waals surface area contributed by atoms with E-state index in [0.717, 1.165) is 24.2 Å². The fourth-order valence-corrected chi connectivity index (χ4v) is 2.49. The number of hydrogen-bond acceptors (Lipinski definition) is 2. The molecule has 0 bridgehead atoms. The number of nitrogens with zero attached hydrogens (tertiary/aromatic N) is 1. The molecule has 1 saturated carbocycles. The van der Waals surface area contributed by atoms with Crippen LogP contribution >= 0.6 is 11.6 Å². The lowest BCUT2D eigenvalue weighted by atomic mass is 10.1. The summed E-state index contributed by atoms with van der Waals surface area (Å²) in [5.41, 5.74) is 2.66. The highest BCUT2D eigenvalue weighted by Crippen LogP contribution is 2.34. The molecular weight excluding hydrogens is 232 g/mol. The summed E-state index contributed by atoms with van der Waals surface area (Å²) in [6, 6.07) is 7.01. The highest BCUT2D eigenvalue weighted by atomic mass is 35.5. The van der Waals surface area contributed by atoms with Crippen molar-refractivity contribution < 1.29 is 0 Å². The summed E-state index contributed by atoms with van der Waals surface area (Å²) in [6.07, 6.45) is 3.86. The number of halogens is 1. The summed E-state index contributed by atoms with van der Waals surface area (Å²) < 4.78 is 0. The Labute approximate surface area is 109 Å². The van der Waals surface area contributed by atoms with Crippen LogP contribution in [0.1, 0.15) is 31.7 Å². The van der Waals surface area contributed by atoms with Gasteiger partial charge in [-0.05, 0) is 50.1 Å². The monoisotopic (exact) mass is 252 g/mol. The third-order valence-corrected chi connectivity index (χ3v) is 3.41. The molecule has 0 aromatic heterocycles. The number of hydrogen-bond donors (Lipinski definition) is 1. The van der Waals surface area contributed by atoms with Crippen LogP contribution in [-0.4, -0.2) is 19.6 Å².